The van der Waals surface area contributed by atoms with Gasteiger partial charge in [0.05, 0.1) is 12.1 Å². The van der Waals surface area contributed by atoms with Crippen LogP contribution in [0.4, 0.5) is 13.2 Å². The average Bonchev–Trinajstić information content (AvgIpc) is 3.19. The van der Waals surface area contributed by atoms with E-state index < -0.39 is 11.7 Å². The normalized spacial score (nSPS) is 15.1. The monoisotopic (exact) mass is 381 g/mol. The highest BCUT2D eigenvalue weighted by molar-refractivity contribution is 5.94. The first-order valence-corrected chi connectivity index (χ1v) is 8.41. The molecule has 1 fully saturated rings. The van der Waals surface area contributed by atoms with Crippen LogP contribution in [0.1, 0.15) is 22.3 Å². The molecule has 1 aromatic heterocycles. The van der Waals surface area contributed by atoms with E-state index in [-0.39, 0.29) is 23.8 Å². The number of halogens is 3. The molecule has 1 saturated heterocycles. The minimum Gasteiger partial charge on any atom is -0.339 e. The number of hydrogen-bond acceptors (Lipinski definition) is 4. The van der Waals surface area contributed by atoms with Gasteiger partial charge in [-0.25, -0.2) is 4.98 Å². The Labute approximate surface area is 153 Å². The zero-order chi connectivity index (χ0) is 19.4. The highest BCUT2D eigenvalue weighted by Crippen LogP contribution is 2.29. The number of piperazine rings is 1. The van der Waals surface area contributed by atoms with Crippen LogP contribution in [0, 0.1) is 0 Å². The molecule has 7 nitrogen and oxygen atoms in total. The highest BCUT2D eigenvalue weighted by Gasteiger charge is 2.31. The minimum absolute atomic E-state index is 0.0351. The standard InChI is InChI=1S/C17H18F3N5O2/c18-17(19,20)14-3-1-13(2-4-14)16(27)24-9-7-23(8-10-24)15(26)5-6-25-12-21-11-22-25/h1-4,11-12H,5-10H2. The molecular formula is C17H18F3N5O2. The molecule has 2 aromatic rings. The van der Waals surface area contributed by atoms with E-state index in [4.69, 9.17) is 0 Å². The van der Waals surface area contributed by atoms with E-state index in [2.05, 4.69) is 10.1 Å². The van der Waals surface area contributed by atoms with E-state index in [1.807, 2.05) is 0 Å². The Morgan fingerprint density at radius 1 is 1.00 bits per heavy atom. The maximum Gasteiger partial charge on any atom is 0.416 e. The summed E-state index contributed by atoms with van der Waals surface area (Å²) in [4.78, 5) is 31.7. The van der Waals surface area contributed by atoms with E-state index in [0.29, 0.717) is 32.7 Å². The maximum absolute atomic E-state index is 12.6. The number of aromatic nitrogens is 3. The van der Waals surface area contributed by atoms with Crippen LogP contribution >= 0.6 is 0 Å². The zero-order valence-corrected chi connectivity index (χ0v) is 14.4. The van der Waals surface area contributed by atoms with Crippen LogP contribution in [0.5, 0.6) is 0 Å². The summed E-state index contributed by atoms with van der Waals surface area (Å²) in [6.07, 6.45) is -1.21. The maximum atomic E-state index is 12.6. The second kappa shape index (κ2) is 7.77. The number of aryl methyl sites for hydroxylation is 1. The van der Waals surface area contributed by atoms with Gasteiger partial charge in [-0.15, -0.1) is 0 Å². The van der Waals surface area contributed by atoms with Crippen molar-refractivity contribution in [3.05, 3.63) is 48.0 Å². The fraction of sp³-hybridized carbons (Fsp3) is 0.412. The van der Waals surface area contributed by atoms with Gasteiger partial charge in [-0.3, -0.25) is 14.3 Å². The number of carbonyl (C=O) groups is 2. The molecule has 1 aliphatic rings. The molecule has 1 aliphatic heterocycles. The first-order chi connectivity index (χ1) is 12.8. The van der Waals surface area contributed by atoms with Crippen molar-refractivity contribution in [3.63, 3.8) is 0 Å². The Kier molecular flexibility index (Phi) is 5.43. The Hall–Kier alpha value is -2.91. The number of nitrogens with zero attached hydrogens (tertiary/aromatic N) is 5. The highest BCUT2D eigenvalue weighted by atomic mass is 19.4. The van der Waals surface area contributed by atoms with Crippen molar-refractivity contribution in [2.75, 3.05) is 26.2 Å². The number of rotatable bonds is 4. The molecule has 2 amide bonds. The summed E-state index contributed by atoms with van der Waals surface area (Å²) < 4.78 is 39.4. The molecule has 0 N–H and O–H groups in total. The second-order valence-corrected chi connectivity index (χ2v) is 6.16. The van der Waals surface area contributed by atoms with Gasteiger partial charge < -0.3 is 9.80 Å². The van der Waals surface area contributed by atoms with Crippen molar-refractivity contribution >= 4 is 11.8 Å². The zero-order valence-electron chi connectivity index (χ0n) is 14.4. The number of carbonyl (C=O) groups excluding carboxylic acids is 2. The fourth-order valence-electron chi connectivity index (χ4n) is 2.86. The predicted molar refractivity (Wildman–Crippen MR) is 88.6 cm³/mol. The third kappa shape index (κ3) is 4.63. The number of alkyl halides is 3. The van der Waals surface area contributed by atoms with E-state index in [9.17, 15) is 22.8 Å². The van der Waals surface area contributed by atoms with Crippen molar-refractivity contribution in [2.24, 2.45) is 0 Å². The van der Waals surface area contributed by atoms with Gasteiger partial charge in [0.2, 0.25) is 5.91 Å². The molecular weight excluding hydrogens is 363 g/mol. The van der Waals surface area contributed by atoms with Gasteiger partial charge in [0.1, 0.15) is 12.7 Å². The van der Waals surface area contributed by atoms with Crippen molar-refractivity contribution in [2.45, 2.75) is 19.1 Å². The summed E-state index contributed by atoms with van der Waals surface area (Å²) in [5.74, 6) is -0.370. The van der Waals surface area contributed by atoms with Gasteiger partial charge in [-0.05, 0) is 24.3 Å². The summed E-state index contributed by atoms with van der Waals surface area (Å²) in [5, 5.41) is 3.93. The van der Waals surface area contributed by atoms with Crippen LogP contribution in [0.3, 0.4) is 0 Å². The van der Waals surface area contributed by atoms with Gasteiger partial charge in [-0.2, -0.15) is 18.3 Å². The molecule has 0 aliphatic carbocycles. The summed E-state index contributed by atoms with van der Waals surface area (Å²) in [7, 11) is 0. The van der Waals surface area contributed by atoms with Crippen LogP contribution in [-0.2, 0) is 17.5 Å². The number of benzene rings is 1. The third-order valence-electron chi connectivity index (χ3n) is 4.40. The van der Waals surface area contributed by atoms with Crippen LogP contribution in [0.25, 0.3) is 0 Å². The quantitative estimate of drug-likeness (QED) is 0.808. The summed E-state index contributed by atoms with van der Waals surface area (Å²) >= 11 is 0. The van der Waals surface area contributed by atoms with E-state index in [1.54, 1.807) is 14.5 Å². The molecule has 10 heteroatoms. The Balaban J connectivity index is 1.51. The van der Waals surface area contributed by atoms with Crippen molar-refractivity contribution < 1.29 is 22.8 Å². The van der Waals surface area contributed by atoms with E-state index in [0.717, 1.165) is 12.1 Å². The molecule has 0 bridgehead atoms. The molecule has 0 unspecified atom stereocenters. The van der Waals surface area contributed by atoms with Crippen molar-refractivity contribution in [3.8, 4) is 0 Å². The van der Waals surface area contributed by atoms with Crippen LogP contribution in [0.2, 0.25) is 0 Å². The first-order valence-electron chi connectivity index (χ1n) is 8.41. The SMILES string of the molecule is O=C(CCn1cncn1)N1CCN(C(=O)c2ccc(C(F)(F)F)cc2)CC1. The molecule has 2 heterocycles. The predicted octanol–water partition coefficient (Wildman–Crippen LogP) is 1.67. The first kappa shape index (κ1) is 18.9. The van der Waals surface area contributed by atoms with Crippen LogP contribution in [-0.4, -0.2) is 62.6 Å². The summed E-state index contributed by atoms with van der Waals surface area (Å²) in [6.45, 7) is 1.90. The molecule has 3 rings (SSSR count). The molecule has 27 heavy (non-hydrogen) atoms. The number of hydrogen-bond donors (Lipinski definition) is 0. The van der Waals surface area contributed by atoms with Gasteiger partial charge in [-0.1, -0.05) is 0 Å². The molecule has 1 aromatic carbocycles. The lowest BCUT2D eigenvalue weighted by Crippen LogP contribution is -2.50. The topological polar surface area (TPSA) is 71.3 Å². The molecule has 0 saturated carbocycles. The minimum atomic E-state index is -4.43. The van der Waals surface area contributed by atoms with Crippen molar-refractivity contribution in [1.82, 2.24) is 24.6 Å². The lowest BCUT2D eigenvalue weighted by Gasteiger charge is -2.35. The molecule has 0 radical (unpaired) electrons. The van der Waals surface area contributed by atoms with Gasteiger partial charge >= 0.3 is 6.18 Å². The van der Waals surface area contributed by atoms with E-state index >= 15 is 0 Å². The van der Waals surface area contributed by atoms with Gasteiger partial charge in [0.25, 0.3) is 5.91 Å². The summed E-state index contributed by atoms with van der Waals surface area (Å²) in [6, 6.07) is 4.16. The van der Waals surface area contributed by atoms with Crippen LogP contribution < -0.4 is 0 Å². The Morgan fingerprint density at radius 3 is 2.19 bits per heavy atom. The largest absolute Gasteiger partial charge is 0.416 e. The lowest BCUT2D eigenvalue weighted by atomic mass is 10.1. The summed E-state index contributed by atoms with van der Waals surface area (Å²) in [5.41, 5.74) is -0.587. The van der Waals surface area contributed by atoms with Crippen LogP contribution in [0.15, 0.2) is 36.9 Å². The molecule has 0 spiro atoms. The van der Waals surface area contributed by atoms with Gasteiger partial charge in [0, 0.05) is 38.2 Å². The van der Waals surface area contributed by atoms with Crippen molar-refractivity contribution in [1.29, 1.82) is 0 Å². The van der Waals surface area contributed by atoms with E-state index in [1.165, 1.54) is 24.8 Å². The Bertz CT molecular complexity index is 782. The molecule has 0 atom stereocenters. The smallest absolute Gasteiger partial charge is 0.339 e. The second-order valence-electron chi connectivity index (χ2n) is 6.16. The fourth-order valence-corrected chi connectivity index (χ4v) is 2.86. The average molecular weight is 381 g/mol. The Morgan fingerprint density at radius 2 is 1.63 bits per heavy atom. The van der Waals surface area contributed by atoms with Gasteiger partial charge in [0.15, 0.2) is 0 Å². The third-order valence-corrected chi connectivity index (χ3v) is 4.40. The lowest BCUT2D eigenvalue weighted by molar-refractivity contribution is -0.137. The number of amides is 2. The molecule has 144 valence electrons.